The largest absolute Gasteiger partial charge is 0.496 e. The molecule has 0 radical (unpaired) electrons. The van der Waals surface area contributed by atoms with Crippen LogP contribution in [-0.2, 0) is 69.8 Å². The number of benzene rings is 2. The lowest BCUT2D eigenvalue weighted by Gasteiger charge is -2.25. The Morgan fingerprint density at radius 3 is 1.24 bits per heavy atom. The van der Waals surface area contributed by atoms with Gasteiger partial charge in [-0.2, -0.15) is 0 Å². The van der Waals surface area contributed by atoms with E-state index >= 15 is 0 Å². The van der Waals surface area contributed by atoms with Crippen molar-refractivity contribution in [2.45, 2.75) is 104 Å². The van der Waals surface area contributed by atoms with Crippen molar-refractivity contribution in [1.82, 2.24) is 41.9 Å². The molecular weight excluding hydrogens is 1140 g/mol. The molecule has 0 bridgehead atoms. The molecule has 4 aromatic rings. The van der Waals surface area contributed by atoms with E-state index in [1.54, 1.807) is 62.4 Å². The Morgan fingerprint density at radius 2 is 0.940 bits per heavy atom. The van der Waals surface area contributed by atoms with Gasteiger partial charge in [0.25, 0.3) is 11.8 Å². The molecule has 8 atom stereocenters. The highest BCUT2D eigenvalue weighted by molar-refractivity contribution is 7.48. The highest BCUT2D eigenvalue weighted by Gasteiger charge is 2.37. The third-order valence-corrected chi connectivity index (χ3v) is 16.3. The topological polar surface area (TPSA) is 365 Å². The van der Waals surface area contributed by atoms with Crippen LogP contribution < -0.4 is 41.4 Å². The van der Waals surface area contributed by atoms with Crippen molar-refractivity contribution in [2.75, 3.05) is 68.0 Å². The molecule has 84 heavy (non-hydrogen) atoms. The lowest BCUT2D eigenvalue weighted by molar-refractivity contribution is -0.131. The van der Waals surface area contributed by atoms with E-state index in [1.807, 2.05) is 34.5 Å². The minimum atomic E-state index is -3.97. The molecule has 0 aliphatic carbocycles. The number of H-pyrrole nitrogens is 2. The summed E-state index contributed by atoms with van der Waals surface area (Å²) in [6.45, 7) is 12.4. The molecule has 27 nitrogen and oxygen atoms in total. The zero-order valence-electron chi connectivity index (χ0n) is 49.1. The van der Waals surface area contributed by atoms with Crippen LogP contribution in [0.3, 0.4) is 0 Å². The SMILES string of the molecule is C=O.CCOP(=O)(OC)OCC(=O)[C@H](C[C@@H]1CCNC1=O)NC(=O)[C@H](CC(C)C)NC(=O)c1cc2c(OC)cccc2[nH]1.CCOP(=O)(OC)OCC(=O)[C@H](C[C@@H]1CCNC1=O)NC(=O)[C@H](CC(C)C)NC(=O)c1cc2c(OC)cccc2[nH]1. The molecule has 6 amide bonds. The number of phosphoric ester groups is 2. The number of phosphoric acid groups is 2. The van der Waals surface area contributed by atoms with E-state index in [1.165, 1.54) is 14.2 Å². The van der Waals surface area contributed by atoms with Crippen LogP contribution >= 0.6 is 15.6 Å². The Balaban J connectivity index is 0.000000350. The Hall–Kier alpha value is -6.83. The monoisotopic (exact) mass is 1220 g/mol. The van der Waals surface area contributed by atoms with Crippen LogP contribution in [0.25, 0.3) is 21.8 Å². The highest BCUT2D eigenvalue weighted by Crippen LogP contribution is 2.49. The van der Waals surface area contributed by atoms with E-state index in [2.05, 4.69) is 41.9 Å². The standard InChI is InChI=1S/2C27H39N4O9P.CH2O/c2*1-6-39-41(36,38-5)40-15-23(32)20(13-17-10-11-28-25(17)33)30-26(34)21(12-16(2)3)31-27(35)22-14-18-19(29-22)8-7-9-24(18)37-4;1-2/h2*7-9,14,16-17,20-21,29H,6,10-13,15H2,1-5H3,(H,28,33)(H,30,34)(H,31,35);1H2/t2*17-,20-,21-,41?;/m00./s1. The molecule has 0 saturated carbocycles. The van der Waals surface area contributed by atoms with Crippen molar-refractivity contribution in [1.29, 1.82) is 0 Å². The van der Waals surface area contributed by atoms with Crippen molar-refractivity contribution in [2.24, 2.45) is 23.7 Å². The first kappa shape index (κ1) is 69.7. The summed E-state index contributed by atoms with van der Waals surface area (Å²) < 4.78 is 65.6. The van der Waals surface area contributed by atoms with Gasteiger partial charge >= 0.3 is 15.6 Å². The van der Waals surface area contributed by atoms with Crippen LogP contribution in [0.4, 0.5) is 0 Å². The predicted octanol–water partition coefficient (Wildman–Crippen LogP) is 5.23. The summed E-state index contributed by atoms with van der Waals surface area (Å²) in [5, 5.41) is 17.8. The van der Waals surface area contributed by atoms with Crippen molar-refractivity contribution in [3.63, 3.8) is 0 Å². The van der Waals surface area contributed by atoms with Gasteiger partial charge in [0.15, 0.2) is 11.6 Å². The molecule has 2 aromatic carbocycles. The van der Waals surface area contributed by atoms with Crippen molar-refractivity contribution < 1.29 is 88.9 Å². The molecule has 6 rings (SSSR count). The number of aromatic nitrogens is 2. The molecule has 464 valence electrons. The Morgan fingerprint density at radius 1 is 0.571 bits per heavy atom. The number of hydrogen-bond donors (Lipinski definition) is 8. The number of nitrogens with one attached hydrogen (secondary N) is 8. The number of rotatable bonds is 32. The van der Waals surface area contributed by atoms with E-state index in [-0.39, 0.29) is 73.9 Å². The fourth-order valence-electron chi connectivity index (χ4n) is 9.22. The number of fused-ring (bicyclic) bond motifs is 2. The summed E-state index contributed by atoms with van der Waals surface area (Å²) in [6, 6.07) is 9.76. The molecule has 29 heteroatoms. The number of carbonyl (C=O) groups excluding carboxylic acids is 9. The van der Waals surface area contributed by atoms with E-state index in [0.717, 1.165) is 14.2 Å². The van der Waals surface area contributed by atoms with Gasteiger partial charge in [-0.05, 0) is 101 Å². The molecular formula is C55H80N8O19P2. The normalized spacial score (nSPS) is 17.6. The smallest absolute Gasteiger partial charge is 0.474 e. The number of methoxy groups -OCH3 is 2. The Labute approximate surface area is 487 Å². The first-order valence-corrected chi connectivity index (χ1v) is 30.2. The number of amides is 6. The van der Waals surface area contributed by atoms with Crippen LogP contribution in [0, 0.1) is 23.7 Å². The van der Waals surface area contributed by atoms with Crippen LogP contribution in [-0.4, -0.2) is 156 Å². The van der Waals surface area contributed by atoms with Gasteiger partial charge in [0.2, 0.25) is 23.6 Å². The molecule has 2 fully saturated rings. The molecule has 2 aromatic heterocycles. The third-order valence-electron chi connectivity index (χ3n) is 13.4. The minimum Gasteiger partial charge on any atom is -0.496 e. The molecule has 2 unspecified atom stereocenters. The maximum Gasteiger partial charge on any atom is 0.474 e. The number of ether oxygens (including phenoxy) is 2. The second kappa shape index (κ2) is 33.6. The van der Waals surface area contributed by atoms with Crippen molar-refractivity contribution in [3.05, 3.63) is 59.9 Å². The summed E-state index contributed by atoms with van der Waals surface area (Å²) in [4.78, 5) is 118. The van der Waals surface area contributed by atoms with E-state index < -0.39 is 100 Å². The number of hydrogen-bond acceptors (Lipinski definition) is 19. The quantitative estimate of drug-likeness (QED) is 0.0290. The summed E-state index contributed by atoms with van der Waals surface area (Å²) in [5.41, 5.74) is 1.86. The molecule has 8 N–H and O–H groups in total. The Bertz CT molecular complexity index is 2810. The predicted molar refractivity (Wildman–Crippen MR) is 308 cm³/mol. The summed E-state index contributed by atoms with van der Waals surface area (Å²) in [6.07, 6.45) is 1.57. The van der Waals surface area contributed by atoms with Crippen LogP contribution in [0.1, 0.15) is 101 Å². The average molecular weight is 1220 g/mol. The van der Waals surface area contributed by atoms with E-state index in [4.69, 9.17) is 41.4 Å². The molecule has 0 spiro atoms. The lowest BCUT2D eigenvalue weighted by Crippen LogP contribution is -2.53. The van der Waals surface area contributed by atoms with Gasteiger partial charge < -0.3 is 56.1 Å². The minimum absolute atomic E-state index is 0.00976. The van der Waals surface area contributed by atoms with Crippen LogP contribution in [0.5, 0.6) is 11.5 Å². The zero-order chi connectivity index (χ0) is 62.3. The van der Waals surface area contributed by atoms with Gasteiger partial charge in [0, 0.05) is 61.0 Å². The van der Waals surface area contributed by atoms with Gasteiger partial charge in [-0.25, -0.2) is 9.13 Å². The number of ketones is 2. The fourth-order valence-corrected chi connectivity index (χ4v) is 11.0. The molecule has 2 aliphatic heterocycles. The third kappa shape index (κ3) is 20.2. The molecule has 2 saturated heterocycles. The number of carbonyl (C=O) groups is 9. The van der Waals surface area contributed by atoms with Crippen molar-refractivity contribution in [3.8, 4) is 11.5 Å². The zero-order valence-corrected chi connectivity index (χ0v) is 50.9. The average Bonchev–Trinajstić information content (AvgIpc) is 4.01. The first-order valence-electron chi connectivity index (χ1n) is 27.3. The van der Waals surface area contributed by atoms with Gasteiger partial charge in [-0.3, -0.25) is 65.5 Å². The van der Waals surface area contributed by atoms with Gasteiger partial charge in [-0.1, -0.05) is 39.8 Å². The van der Waals surface area contributed by atoms with Gasteiger partial charge in [0.1, 0.15) is 55.0 Å². The molecule has 2 aliphatic rings. The first-order chi connectivity index (χ1) is 40.0. The van der Waals surface area contributed by atoms with E-state index in [9.17, 15) is 47.5 Å². The number of aromatic amines is 2. The second-order valence-corrected chi connectivity index (χ2v) is 23.8. The fraction of sp³-hybridized carbons (Fsp3) is 0.545. The number of Topliss-reactive ketones (excluding diaryl/α,β-unsaturated/α-hetero) is 2. The summed E-state index contributed by atoms with van der Waals surface area (Å²) >= 11 is 0. The highest BCUT2D eigenvalue weighted by atomic mass is 31.2. The van der Waals surface area contributed by atoms with Crippen LogP contribution in [0.15, 0.2) is 48.5 Å². The van der Waals surface area contributed by atoms with Gasteiger partial charge in [-0.15, -0.1) is 0 Å². The summed E-state index contributed by atoms with van der Waals surface area (Å²) in [5.74, 6) is -3.70. The van der Waals surface area contributed by atoms with Crippen molar-refractivity contribution >= 4 is 91.2 Å². The maximum atomic E-state index is 13.5. The molecule has 4 heterocycles. The Kier molecular flexibility index (Phi) is 27.9. The van der Waals surface area contributed by atoms with Gasteiger partial charge in [0.05, 0.1) is 39.5 Å². The van der Waals surface area contributed by atoms with Crippen LogP contribution in [0.2, 0.25) is 0 Å². The second-order valence-electron chi connectivity index (χ2n) is 20.2. The van der Waals surface area contributed by atoms with E-state index in [0.29, 0.717) is 59.2 Å². The maximum absolute atomic E-state index is 13.5. The lowest BCUT2D eigenvalue weighted by atomic mass is 9.95. The summed E-state index contributed by atoms with van der Waals surface area (Å²) in [7, 11) is -2.60.